The van der Waals surface area contributed by atoms with E-state index in [1.165, 1.54) is 5.56 Å². The Morgan fingerprint density at radius 3 is 2.67 bits per heavy atom. The SMILES string of the molecule is CCN(CCCN(C)C)S(=O)(=O)c1ccc2c(c1)NCC2. The number of hydrogen-bond acceptors (Lipinski definition) is 4. The van der Waals surface area contributed by atoms with E-state index >= 15 is 0 Å². The van der Waals surface area contributed by atoms with E-state index in [2.05, 4.69) is 10.2 Å². The Morgan fingerprint density at radius 1 is 1.24 bits per heavy atom. The van der Waals surface area contributed by atoms with Gasteiger partial charge in [-0.1, -0.05) is 13.0 Å². The van der Waals surface area contributed by atoms with Crippen molar-refractivity contribution in [1.29, 1.82) is 0 Å². The molecular formula is C15H25N3O2S. The van der Waals surface area contributed by atoms with Crippen LogP contribution in [-0.4, -0.2) is 57.9 Å². The second kappa shape index (κ2) is 6.77. The Hall–Kier alpha value is -1.11. The minimum absolute atomic E-state index is 0.391. The molecule has 2 rings (SSSR count). The van der Waals surface area contributed by atoms with Gasteiger partial charge in [0.25, 0.3) is 0 Å². The van der Waals surface area contributed by atoms with Gasteiger partial charge in [-0.25, -0.2) is 8.42 Å². The Bertz CT molecular complexity index is 585. The zero-order valence-electron chi connectivity index (χ0n) is 13.1. The van der Waals surface area contributed by atoms with E-state index in [0.29, 0.717) is 18.0 Å². The van der Waals surface area contributed by atoms with Gasteiger partial charge in [-0.2, -0.15) is 4.31 Å². The normalized spacial score (nSPS) is 14.5. The second-order valence-electron chi connectivity index (χ2n) is 5.65. The fourth-order valence-corrected chi connectivity index (χ4v) is 4.11. The van der Waals surface area contributed by atoms with Crippen molar-refractivity contribution < 1.29 is 8.42 Å². The molecular weight excluding hydrogens is 286 g/mol. The molecule has 0 saturated heterocycles. The molecule has 1 aromatic carbocycles. The molecule has 6 heteroatoms. The molecule has 1 aliphatic rings. The van der Waals surface area contributed by atoms with E-state index in [1.54, 1.807) is 16.4 Å². The van der Waals surface area contributed by atoms with Gasteiger partial charge in [0.2, 0.25) is 10.0 Å². The van der Waals surface area contributed by atoms with Gasteiger partial charge in [-0.05, 0) is 51.2 Å². The summed E-state index contributed by atoms with van der Waals surface area (Å²) < 4.78 is 27.0. The third kappa shape index (κ3) is 3.75. The summed E-state index contributed by atoms with van der Waals surface area (Å²) in [5.41, 5.74) is 2.16. The first kappa shape index (κ1) is 16.3. The molecule has 1 aromatic rings. The van der Waals surface area contributed by atoms with Gasteiger partial charge in [0, 0.05) is 25.3 Å². The summed E-state index contributed by atoms with van der Waals surface area (Å²) in [4.78, 5) is 2.46. The highest BCUT2D eigenvalue weighted by Crippen LogP contribution is 2.27. The molecule has 118 valence electrons. The Balaban J connectivity index is 2.15. The lowest BCUT2D eigenvalue weighted by Gasteiger charge is -2.21. The summed E-state index contributed by atoms with van der Waals surface area (Å²) in [5, 5.41) is 3.24. The number of sulfonamides is 1. The van der Waals surface area contributed by atoms with Crippen LogP contribution in [-0.2, 0) is 16.4 Å². The fourth-order valence-electron chi connectivity index (χ4n) is 2.59. The predicted octanol–water partition coefficient (Wildman–Crippen LogP) is 1.62. The third-order valence-electron chi connectivity index (χ3n) is 3.79. The molecule has 21 heavy (non-hydrogen) atoms. The molecule has 0 bridgehead atoms. The van der Waals surface area contributed by atoms with E-state index in [9.17, 15) is 8.42 Å². The maximum absolute atomic E-state index is 12.7. The number of benzene rings is 1. The lowest BCUT2D eigenvalue weighted by molar-refractivity contribution is 0.356. The fraction of sp³-hybridized carbons (Fsp3) is 0.600. The third-order valence-corrected chi connectivity index (χ3v) is 5.76. The van der Waals surface area contributed by atoms with Crippen LogP contribution in [0.3, 0.4) is 0 Å². The van der Waals surface area contributed by atoms with E-state index in [4.69, 9.17) is 0 Å². The highest BCUT2D eigenvalue weighted by molar-refractivity contribution is 7.89. The van der Waals surface area contributed by atoms with Crippen LogP contribution in [0.4, 0.5) is 5.69 Å². The van der Waals surface area contributed by atoms with Crippen molar-refractivity contribution in [3.05, 3.63) is 23.8 Å². The second-order valence-corrected chi connectivity index (χ2v) is 7.59. The average Bonchev–Trinajstić information content (AvgIpc) is 2.90. The molecule has 1 heterocycles. The number of fused-ring (bicyclic) bond motifs is 1. The Morgan fingerprint density at radius 2 is 2.00 bits per heavy atom. The molecule has 0 aliphatic carbocycles. The van der Waals surface area contributed by atoms with Crippen molar-refractivity contribution in [2.75, 3.05) is 45.6 Å². The van der Waals surface area contributed by atoms with Gasteiger partial charge in [-0.15, -0.1) is 0 Å². The van der Waals surface area contributed by atoms with E-state index in [0.717, 1.165) is 31.6 Å². The van der Waals surface area contributed by atoms with Gasteiger partial charge < -0.3 is 10.2 Å². The first-order valence-corrected chi connectivity index (χ1v) is 8.91. The van der Waals surface area contributed by atoms with Crippen LogP contribution in [0.25, 0.3) is 0 Å². The molecule has 0 unspecified atom stereocenters. The highest BCUT2D eigenvalue weighted by Gasteiger charge is 2.24. The van der Waals surface area contributed by atoms with Gasteiger partial charge in [0.1, 0.15) is 0 Å². The van der Waals surface area contributed by atoms with Gasteiger partial charge in [0.05, 0.1) is 4.90 Å². The van der Waals surface area contributed by atoms with Crippen LogP contribution in [0.15, 0.2) is 23.1 Å². The average molecular weight is 311 g/mol. The number of nitrogens with one attached hydrogen (secondary N) is 1. The molecule has 0 aromatic heterocycles. The minimum Gasteiger partial charge on any atom is -0.384 e. The van der Waals surface area contributed by atoms with Crippen molar-refractivity contribution in [1.82, 2.24) is 9.21 Å². The van der Waals surface area contributed by atoms with Crippen molar-refractivity contribution in [3.8, 4) is 0 Å². The van der Waals surface area contributed by atoms with E-state index in [-0.39, 0.29) is 0 Å². The van der Waals surface area contributed by atoms with Crippen molar-refractivity contribution in [3.63, 3.8) is 0 Å². The summed E-state index contributed by atoms with van der Waals surface area (Å²) in [7, 11) is 0.598. The van der Waals surface area contributed by atoms with E-state index in [1.807, 2.05) is 27.1 Å². The molecule has 0 spiro atoms. The first-order chi connectivity index (χ1) is 9.95. The summed E-state index contributed by atoms with van der Waals surface area (Å²) >= 11 is 0. The maximum atomic E-state index is 12.7. The Labute approximate surface area is 128 Å². The molecule has 1 aliphatic heterocycles. The van der Waals surface area contributed by atoms with Crippen molar-refractivity contribution in [2.45, 2.75) is 24.7 Å². The quantitative estimate of drug-likeness (QED) is 0.831. The standard InChI is InChI=1S/C15H25N3O2S/c1-4-18(11-5-10-17(2)3)21(19,20)14-7-6-13-8-9-16-15(13)12-14/h6-7,12,16H,4-5,8-11H2,1-3H3. The topological polar surface area (TPSA) is 52.7 Å². The van der Waals surface area contributed by atoms with Crippen LogP contribution in [0.5, 0.6) is 0 Å². The van der Waals surface area contributed by atoms with Crippen LogP contribution in [0, 0.1) is 0 Å². The molecule has 0 radical (unpaired) electrons. The Kier molecular flexibility index (Phi) is 5.24. The van der Waals surface area contributed by atoms with Crippen molar-refractivity contribution >= 4 is 15.7 Å². The summed E-state index contributed by atoms with van der Waals surface area (Å²) in [5.74, 6) is 0. The van der Waals surface area contributed by atoms with Crippen LogP contribution in [0.1, 0.15) is 18.9 Å². The van der Waals surface area contributed by atoms with Gasteiger partial charge >= 0.3 is 0 Å². The molecule has 0 saturated carbocycles. The summed E-state index contributed by atoms with van der Waals surface area (Å²) in [6, 6.07) is 5.43. The zero-order chi connectivity index (χ0) is 15.5. The molecule has 0 fully saturated rings. The number of rotatable bonds is 7. The van der Waals surface area contributed by atoms with Crippen LogP contribution < -0.4 is 5.32 Å². The highest BCUT2D eigenvalue weighted by atomic mass is 32.2. The summed E-state index contributed by atoms with van der Waals surface area (Å²) in [6.45, 7) is 4.72. The number of nitrogens with zero attached hydrogens (tertiary/aromatic N) is 2. The number of anilines is 1. The summed E-state index contributed by atoms with van der Waals surface area (Å²) in [6.07, 6.45) is 1.80. The van der Waals surface area contributed by atoms with E-state index < -0.39 is 10.0 Å². The lowest BCUT2D eigenvalue weighted by atomic mass is 10.2. The minimum atomic E-state index is -3.40. The smallest absolute Gasteiger partial charge is 0.243 e. The zero-order valence-corrected chi connectivity index (χ0v) is 13.9. The van der Waals surface area contributed by atoms with Crippen LogP contribution >= 0.6 is 0 Å². The molecule has 5 nitrogen and oxygen atoms in total. The first-order valence-electron chi connectivity index (χ1n) is 7.47. The molecule has 0 atom stereocenters. The van der Waals surface area contributed by atoms with Gasteiger partial charge in [-0.3, -0.25) is 0 Å². The van der Waals surface area contributed by atoms with Gasteiger partial charge in [0.15, 0.2) is 0 Å². The lowest BCUT2D eigenvalue weighted by Crippen LogP contribution is -2.33. The predicted molar refractivity (Wildman–Crippen MR) is 86.2 cm³/mol. The monoisotopic (exact) mass is 311 g/mol. The number of hydrogen-bond donors (Lipinski definition) is 1. The van der Waals surface area contributed by atoms with Crippen LogP contribution in [0.2, 0.25) is 0 Å². The molecule has 1 N–H and O–H groups in total. The van der Waals surface area contributed by atoms with Crippen molar-refractivity contribution in [2.24, 2.45) is 0 Å². The molecule has 0 amide bonds. The maximum Gasteiger partial charge on any atom is 0.243 e. The largest absolute Gasteiger partial charge is 0.384 e.